The van der Waals surface area contributed by atoms with Crippen LogP contribution in [-0.4, -0.2) is 29.6 Å². The maximum absolute atomic E-state index is 6.68. The molecule has 2 heteroatoms. The zero-order chi connectivity index (χ0) is 16.2. The zero-order valence-electron chi connectivity index (χ0n) is 15.1. The van der Waals surface area contributed by atoms with E-state index in [1.807, 2.05) is 0 Å². The topological polar surface area (TPSA) is 29.3 Å². The van der Waals surface area contributed by atoms with Gasteiger partial charge in [-0.3, -0.25) is 4.90 Å². The molecule has 1 aromatic rings. The van der Waals surface area contributed by atoms with Crippen LogP contribution in [0.1, 0.15) is 56.4 Å². The van der Waals surface area contributed by atoms with Crippen LogP contribution in [0.3, 0.4) is 0 Å². The summed E-state index contributed by atoms with van der Waals surface area (Å²) >= 11 is 0. The van der Waals surface area contributed by atoms with Crippen LogP contribution >= 0.6 is 0 Å². The van der Waals surface area contributed by atoms with Gasteiger partial charge in [-0.15, -0.1) is 0 Å². The Morgan fingerprint density at radius 2 is 1.52 bits per heavy atom. The van der Waals surface area contributed by atoms with Crippen LogP contribution in [0.25, 0.3) is 0 Å². The molecule has 120 valence electrons. The lowest BCUT2D eigenvalue weighted by Crippen LogP contribution is -2.58. The number of nitrogens with two attached hydrogens (primary N) is 1. The van der Waals surface area contributed by atoms with Crippen molar-refractivity contribution in [3.8, 4) is 0 Å². The van der Waals surface area contributed by atoms with E-state index in [9.17, 15) is 0 Å². The molecule has 0 saturated carbocycles. The van der Waals surface area contributed by atoms with Crippen molar-refractivity contribution < 1.29 is 0 Å². The van der Waals surface area contributed by atoms with Gasteiger partial charge in [-0.25, -0.2) is 0 Å². The molecule has 0 heterocycles. The summed E-state index contributed by atoms with van der Waals surface area (Å²) < 4.78 is 0. The van der Waals surface area contributed by atoms with E-state index < -0.39 is 0 Å². The molecule has 0 fully saturated rings. The smallest absolute Gasteiger partial charge is 0.0332 e. The summed E-state index contributed by atoms with van der Waals surface area (Å²) in [6.07, 6.45) is 2.04. The van der Waals surface area contributed by atoms with Crippen LogP contribution < -0.4 is 5.73 Å². The summed E-state index contributed by atoms with van der Waals surface area (Å²) in [7, 11) is 0. The molecule has 0 radical (unpaired) electrons. The van der Waals surface area contributed by atoms with Crippen molar-refractivity contribution in [2.75, 3.05) is 13.1 Å². The van der Waals surface area contributed by atoms with E-state index >= 15 is 0 Å². The number of nitrogens with zero attached hydrogens (tertiary/aromatic N) is 1. The molecule has 21 heavy (non-hydrogen) atoms. The molecule has 2 N–H and O–H groups in total. The Kier molecular flexibility index (Phi) is 6.42. The van der Waals surface area contributed by atoms with Gasteiger partial charge in [0.15, 0.2) is 0 Å². The van der Waals surface area contributed by atoms with Crippen molar-refractivity contribution in [3.63, 3.8) is 0 Å². The van der Waals surface area contributed by atoms with Crippen molar-refractivity contribution in [2.45, 2.75) is 72.9 Å². The Balaban J connectivity index is 3.06. The van der Waals surface area contributed by atoms with Gasteiger partial charge < -0.3 is 5.73 Å². The lowest BCUT2D eigenvalue weighted by molar-refractivity contribution is 0.0844. The molecule has 2 nitrogen and oxygen atoms in total. The van der Waals surface area contributed by atoms with Gasteiger partial charge >= 0.3 is 0 Å². The average Bonchev–Trinajstić information content (AvgIpc) is 2.43. The Morgan fingerprint density at radius 1 is 1.05 bits per heavy atom. The van der Waals surface area contributed by atoms with Crippen LogP contribution in [0.2, 0.25) is 0 Å². The van der Waals surface area contributed by atoms with Gasteiger partial charge in [0.25, 0.3) is 0 Å². The van der Waals surface area contributed by atoms with Gasteiger partial charge in [0, 0.05) is 11.6 Å². The quantitative estimate of drug-likeness (QED) is 0.822. The van der Waals surface area contributed by atoms with Gasteiger partial charge in [0.2, 0.25) is 0 Å². The third-order valence-corrected chi connectivity index (χ3v) is 5.26. The van der Waals surface area contributed by atoms with Crippen molar-refractivity contribution in [3.05, 3.63) is 34.4 Å². The molecular formula is C19H34N2. The molecular weight excluding hydrogens is 256 g/mol. The number of hydrogen-bond acceptors (Lipinski definition) is 2. The highest BCUT2D eigenvalue weighted by Crippen LogP contribution is 2.27. The summed E-state index contributed by atoms with van der Waals surface area (Å²) in [4.78, 5) is 2.51. The SMILES string of the molecule is CCN(CC)C(C)(CC)C(N)Cc1c(C)cc(C)cc1C. The number of hydrogen-bond donors (Lipinski definition) is 1. The molecule has 0 aromatic heterocycles. The number of benzene rings is 1. The first-order valence-corrected chi connectivity index (χ1v) is 8.37. The largest absolute Gasteiger partial charge is 0.326 e. The first-order valence-electron chi connectivity index (χ1n) is 8.37. The fourth-order valence-corrected chi connectivity index (χ4v) is 3.64. The van der Waals surface area contributed by atoms with Crippen molar-refractivity contribution in [2.24, 2.45) is 5.73 Å². The van der Waals surface area contributed by atoms with E-state index in [-0.39, 0.29) is 11.6 Å². The second-order valence-electron chi connectivity index (χ2n) is 6.57. The van der Waals surface area contributed by atoms with Crippen molar-refractivity contribution in [1.82, 2.24) is 4.90 Å². The molecule has 0 aliphatic heterocycles. The minimum Gasteiger partial charge on any atom is -0.326 e. The Morgan fingerprint density at radius 3 is 1.90 bits per heavy atom. The van der Waals surface area contributed by atoms with E-state index in [1.54, 1.807) is 0 Å². The molecule has 0 amide bonds. The third kappa shape index (κ3) is 3.87. The molecule has 0 aliphatic rings. The molecule has 1 aromatic carbocycles. The standard InChI is InChI=1S/C19H34N2/c1-8-19(7,21(9-2)10-3)18(20)13-17-15(5)11-14(4)12-16(17)6/h11-12,18H,8-10,13,20H2,1-7H3. The van der Waals surface area contributed by atoms with Crippen LogP contribution in [0.5, 0.6) is 0 Å². The number of rotatable bonds is 7. The molecule has 2 atom stereocenters. The predicted molar refractivity (Wildman–Crippen MR) is 93.9 cm³/mol. The maximum atomic E-state index is 6.68. The van der Waals surface area contributed by atoms with Crippen molar-refractivity contribution >= 4 is 0 Å². The average molecular weight is 290 g/mol. The fraction of sp³-hybridized carbons (Fsp3) is 0.684. The monoisotopic (exact) mass is 290 g/mol. The summed E-state index contributed by atoms with van der Waals surface area (Å²) in [5.74, 6) is 0. The van der Waals surface area contributed by atoms with Crippen LogP contribution in [0.4, 0.5) is 0 Å². The van der Waals surface area contributed by atoms with Crippen LogP contribution in [0, 0.1) is 20.8 Å². The molecule has 0 saturated heterocycles. The van der Waals surface area contributed by atoms with Gasteiger partial charge in [-0.2, -0.15) is 0 Å². The van der Waals surface area contributed by atoms with Gasteiger partial charge in [-0.05, 0) is 70.3 Å². The Labute approximate surface area is 131 Å². The summed E-state index contributed by atoms with van der Waals surface area (Å²) in [5.41, 5.74) is 12.3. The van der Waals surface area contributed by atoms with Crippen LogP contribution in [-0.2, 0) is 6.42 Å². The Bertz CT molecular complexity index is 440. The second kappa shape index (κ2) is 7.42. The van der Waals surface area contributed by atoms with E-state index in [0.29, 0.717) is 0 Å². The Hall–Kier alpha value is -0.860. The van der Waals surface area contributed by atoms with Gasteiger partial charge in [-0.1, -0.05) is 38.5 Å². The molecule has 0 aliphatic carbocycles. The fourth-order valence-electron chi connectivity index (χ4n) is 3.64. The molecule has 0 bridgehead atoms. The first-order chi connectivity index (χ1) is 9.79. The highest BCUT2D eigenvalue weighted by Gasteiger charge is 2.35. The highest BCUT2D eigenvalue weighted by atomic mass is 15.2. The number of aryl methyl sites for hydroxylation is 3. The van der Waals surface area contributed by atoms with Gasteiger partial charge in [0.05, 0.1) is 0 Å². The first kappa shape index (κ1) is 18.2. The molecule has 1 rings (SSSR count). The van der Waals surface area contributed by atoms with Crippen molar-refractivity contribution in [1.29, 1.82) is 0 Å². The second-order valence-corrected chi connectivity index (χ2v) is 6.57. The summed E-state index contributed by atoms with van der Waals surface area (Å²) in [6.45, 7) is 17.7. The van der Waals surface area contributed by atoms with Gasteiger partial charge in [0.1, 0.15) is 0 Å². The van der Waals surface area contributed by atoms with Crippen LogP contribution in [0.15, 0.2) is 12.1 Å². The van der Waals surface area contributed by atoms with E-state index in [4.69, 9.17) is 5.73 Å². The molecule has 2 unspecified atom stereocenters. The minimum atomic E-state index is 0.0628. The normalized spacial score (nSPS) is 16.0. The predicted octanol–water partition coefficient (Wildman–Crippen LogP) is 3.99. The third-order valence-electron chi connectivity index (χ3n) is 5.26. The highest BCUT2D eigenvalue weighted by molar-refractivity contribution is 5.38. The minimum absolute atomic E-state index is 0.0628. The van der Waals surface area contributed by atoms with E-state index in [2.05, 4.69) is 65.5 Å². The maximum Gasteiger partial charge on any atom is 0.0332 e. The molecule has 0 spiro atoms. The van der Waals surface area contributed by atoms with E-state index in [1.165, 1.54) is 22.3 Å². The summed E-state index contributed by atoms with van der Waals surface area (Å²) in [6, 6.07) is 4.70. The van der Waals surface area contributed by atoms with E-state index in [0.717, 1.165) is 25.9 Å². The summed E-state index contributed by atoms with van der Waals surface area (Å²) in [5, 5.41) is 0. The lowest BCUT2D eigenvalue weighted by atomic mass is 9.82. The number of likely N-dealkylation sites (N-methyl/N-ethyl adjacent to an activating group) is 1. The lowest BCUT2D eigenvalue weighted by Gasteiger charge is -2.44. The zero-order valence-corrected chi connectivity index (χ0v) is 15.1.